The molecule has 3 unspecified atom stereocenters. The van der Waals surface area contributed by atoms with Gasteiger partial charge in [-0.05, 0) is 69.7 Å². The number of aromatic amines is 1. The number of nitrogens with zero attached hydrogens (tertiary/aromatic N) is 1. The molecule has 5 heteroatoms. The molecule has 2 aliphatic heterocycles. The average molecular weight is 420 g/mol. The number of aldehydes is 1. The lowest BCUT2D eigenvalue weighted by Gasteiger charge is -2.58. The van der Waals surface area contributed by atoms with Crippen LogP contribution in [0.25, 0.3) is 10.9 Å². The third kappa shape index (κ3) is 2.82. The third-order valence-electron chi connectivity index (χ3n) is 8.27. The molecule has 3 atom stereocenters. The molecule has 5 nitrogen and oxygen atoms in total. The summed E-state index contributed by atoms with van der Waals surface area (Å²) in [5.41, 5.74) is 11.3. The van der Waals surface area contributed by atoms with E-state index in [2.05, 4.69) is 29.8 Å². The number of H-pyrrole nitrogens is 1. The van der Waals surface area contributed by atoms with Crippen LogP contribution >= 0.6 is 0 Å². The number of ketones is 1. The van der Waals surface area contributed by atoms with Gasteiger partial charge in [-0.15, -0.1) is 0 Å². The minimum atomic E-state index is -0.387. The van der Waals surface area contributed by atoms with Crippen molar-refractivity contribution in [3.63, 3.8) is 0 Å². The summed E-state index contributed by atoms with van der Waals surface area (Å²) in [5.74, 6) is 0.222. The Bertz CT molecular complexity index is 1120. The number of nitrogens with one attached hydrogen (secondary N) is 1. The van der Waals surface area contributed by atoms with E-state index in [9.17, 15) is 9.59 Å². The molecule has 3 heterocycles. The van der Waals surface area contributed by atoms with E-state index >= 15 is 0 Å². The lowest BCUT2D eigenvalue weighted by molar-refractivity contribution is -0.124. The van der Waals surface area contributed by atoms with Crippen molar-refractivity contribution in [2.24, 2.45) is 11.7 Å². The number of carbonyl (C=O) groups is 2. The molecule has 3 aliphatic rings. The molecule has 1 aromatic carbocycles. The van der Waals surface area contributed by atoms with Crippen molar-refractivity contribution < 1.29 is 9.59 Å². The van der Waals surface area contributed by atoms with Crippen molar-refractivity contribution in [2.45, 2.75) is 69.9 Å². The Morgan fingerprint density at radius 3 is 2.77 bits per heavy atom. The fourth-order valence-corrected chi connectivity index (χ4v) is 6.84. The van der Waals surface area contributed by atoms with Crippen LogP contribution in [-0.2, 0) is 16.6 Å². The predicted octanol–water partition coefficient (Wildman–Crippen LogP) is 3.90. The maximum atomic E-state index is 12.9. The first-order valence-electron chi connectivity index (χ1n) is 11.4. The maximum Gasteiger partial charge on any atom is 0.187 e. The first kappa shape index (κ1) is 20.7. The number of allylic oxidation sites excluding steroid dienone is 2. The summed E-state index contributed by atoms with van der Waals surface area (Å²) >= 11 is 0. The highest BCUT2D eigenvalue weighted by Gasteiger charge is 2.60. The molecule has 1 aliphatic carbocycles. The average Bonchev–Trinajstić information content (AvgIpc) is 3.28. The first-order valence-corrected chi connectivity index (χ1v) is 11.4. The van der Waals surface area contributed by atoms with E-state index < -0.39 is 0 Å². The Hall–Kier alpha value is -2.24. The topological polar surface area (TPSA) is 79.2 Å². The monoisotopic (exact) mass is 419 g/mol. The Labute approximate surface area is 184 Å². The van der Waals surface area contributed by atoms with Gasteiger partial charge in [-0.3, -0.25) is 9.69 Å². The molecule has 5 rings (SSSR count). The van der Waals surface area contributed by atoms with E-state index in [1.165, 1.54) is 17.5 Å². The second-order valence-electron chi connectivity index (χ2n) is 10.9. The molecule has 31 heavy (non-hydrogen) atoms. The highest BCUT2D eigenvalue weighted by atomic mass is 16.1. The molecule has 2 aromatic rings. The number of piperidine rings is 1. The summed E-state index contributed by atoms with van der Waals surface area (Å²) in [4.78, 5) is 31.1. The highest BCUT2D eigenvalue weighted by Crippen LogP contribution is 2.54. The van der Waals surface area contributed by atoms with Crippen LogP contribution in [-0.4, -0.2) is 46.1 Å². The molecule has 0 bridgehead atoms. The van der Waals surface area contributed by atoms with Crippen LogP contribution in [0.5, 0.6) is 0 Å². The maximum absolute atomic E-state index is 12.9. The van der Waals surface area contributed by atoms with Gasteiger partial charge in [0.25, 0.3) is 0 Å². The normalized spacial score (nSPS) is 31.6. The first-order chi connectivity index (χ1) is 14.6. The van der Waals surface area contributed by atoms with Gasteiger partial charge in [-0.2, -0.15) is 0 Å². The Morgan fingerprint density at radius 1 is 1.29 bits per heavy atom. The number of fused-ring (bicyclic) bond motifs is 5. The number of hydrogen-bond acceptors (Lipinski definition) is 4. The van der Waals surface area contributed by atoms with Crippen molar-refractivity contribution in [3.8, 4) is 0 Å². The second-order valence-corrected chi connectivity index (χ2v) is 10.9. The summed E-state index contributed by atoms with van der Waals surface area (Å²) in [6, 6.07) is 5.99. The lowest BCUT2D eigenvalue weighted by atomic mass is 9.54. The summed E-state index contributed by atoms with van der Waals surface area (Å²) in [6.07, 6.45) is 6.45. The van der Waals surface area contributed by atoms with E-state index in [1.807, 2.05) is 26.0 Å². The van der Waals surface area contributed by atoms with Crippen LogP contribution in [0, 0.1) is 5.92 Å². The standard InChI is InChI=1S/C26H33N3O2/c1-16(2)11-20(31)18-8-5-7-17-19-12-26(27)14-29-10-6-9-25(29,15-30)13-21(26)24(3,4)23(19)28-22(17)18/h5,7-8,11,15,21,28H,6,9-10,12-14,27H2,1-4H3. The number of rotatable bonds is 3. The highest BCUT2D eigenvalue weighted by molar-refractivity contribution is 6.13. The quantitative estimate of drug-likeness (QED) is 0.449. The van der Waals surface area contributed by atoms with E-state index in [0.717, 1.165) is 55.2 Å². The van der Waals surface area contributed by atoms with Crippen LogP contribution in [0.2, 0.25) is 0 Å². The van der Waals surface area contributed by atoms with Crippen molar-refractivity contribution >= 4 is 23.0 Å². The number of hydrogen-bond donors (Lipinski definition) is 2. The van der Waals surface area contributed by atoms with E-state index in [4.69, 9.17) is 5.73 Å². The molecular weight excluding hydrogens is 386 g/mol. The van der Waals surface area contributed by atoms with Crippen LogP contribution in [0.1, 0.15) is 68.6 Å². The number of benzene rings is 1. The molecule has 0 amide bonds. The number of aromatic nitrogens is 1. The Kier molecular flexibility index (Phi) is 4.42. The minimum absolute atomic E-state index is 0.0300. The lowest BCUT2D eigenvalue weighted by Crippen LogP contribution is -2.71. The number of carbonyl (C=O) groups excluding carboxylic acids is 2. The van der Waals surface area contributed by atoms with Crippen molar-refractivity contribution in [3.05, 3.63) is 46.7 Å². The van der Waals surface area contributed by atoms with Crippen molar-refractivity contribution in [1.29, 1.82) is 0 Å². The van der Waals surface area contributed by atoms with Gasteiger partial charge in [-0.1, -0.05) is 31.6 Å². The van der Waals surface area contributed by atoms with E-state index in [1.54, 1.807) is 6.08 Å². The summed E-state index contributed by atoms with van der Waals surface area (Å²) in [5, 5.41) is 1.10. The molecule has 0 saturated carbocycles. The largest absolute Gasteiger partial charge is 0.357 e. The molecule has 0 spiro atoms. The second kappa shape index (κ2) is 6.63. The van der Waals surface area contributed by atoms with Gasteiger partial charge in [0.15, 0.2) is 5.78 Å². The predicted molar refractivity (Wildman–Crippen MR) is 123 cm³/mol. The van der Waals surface area contributed by atoms with E-state index in [-0.39, 0.29) is 28.2 Å². The van der Waals surface area contributed by atoms with Gasteiger partial charge < -0.3 is 15.5 Å². The van der Waals surface area contributed by atoms with Crippen LogP contribution in [0.4, 0.5) is 0 Å². The van der Waals surface area contributed by atoms with Crippen molar-refractivity contribution in [2.75, 3.05) is 13.1 Å². The summed E-state index contributed by atoms with van der Waals surface area (Å²) < 4.78 is 0. The molecule has 2 fully saturated rings. The van der Waals surface area contributed by atoms with Crippen LogP contribution < -0.4 is 5.73 Å². The number of nitrogens with two attached hydrogens (primary N) is 1. The molecule has 1 aromatic heterocycles. The molecule has 164 valence electrons. The summed E-state index contributed by atoms with van der Waals surface area (Å²) in [6.45, 7) is 10.1. The zero-order chi connectivity index (χ0) is 22.2. The van der Waals surface area contributed by atoms with Gasteiger partial charge in [0, 0.05) is 34.1 Å². The zero-order valence-electron chi connectivity index (χ0n) is 19.0. The van der Waals surface area contributed by atoms with Crippen LogP contribution in [0.3, 0.4) is 0 Å². The van der Waals surface area contributed by atoms with Crippen molar-refractivity contribution in [1.82, 2.24) is 9.88 Å². The summed E-state index contributed by atoms with van der Waals surface area (Å²) in [7, 11) is 0. The Morgan fingerprint density at radius 2 is 2.06 bits per heavy atom. The smallest absolute Gasteiger partial charge is 0.187 e. The Balaban J connectivity index is 1.67. The molecule has 3 N–H and O–H groups in total. The minimum Gasteiger partial charge on any atom is -0.357 e. The molecule has 2 saturated heterocycles. The fourth-order valence-electron chi connectivity index (χ4n) is 6.84. The zero-order valence-corrected chi connectivity index (χ0v) is 19.0. The van der Waals surface area contributed by atoms with E-state index in [0.29, 0.717) is 5.56 Å². The van der Waals surface area contributed by atoms with Gasteiger partial charge in [0.2, 0.25) is 0 Å². The SMILES string of the molecule is CC(C)=CC(=O)c1cccc2c3c([nH]c12)C(C)(C)C1CC2(C=O)CCCN2CC1(N)C3. The number of para-hydroxylation sites is 1. The van der Waals surface area contributed by atoms with Gasteiger partial charge in [0.1, 0.15) is 6.29 Å². The van der Waals surface area contributed by atoms with Gasteiger partial charge in [-0.25, -0.2) is 0 Å². The molecule has 0 radical (unpaired) electrons. The van der Waals surface area contributed by atoms with Gasteiger partial charge >= 0.3 is 0 Å². The fraction of sp³-hybridized carbons (Fsp3) is 0.538. The molecular formula is C26H33N3O2. The third-order valence-corrected chi connectivity index (χ3v) is 8.27. The van der Waals surface area contributed by atoms with Gasteiger partial charge in [0.05, 0.1) is 11.1 Å². The van der Waals surface area contributed by atoms with Crippen LogP contribution in [0.15, 0.2) is 29.8 Å².